The Morgan fingerprint density at radius 1 is 0.852 bits per heavy atom. The molecule has 0 saturated carbocycles. The Kier molecular flexibility index (Phi) is 5.79. The average molecular weight is 360 g/mol. The summed E-state index contributed by atoms with van der Waals surface area (Å²) >= 11 is 0. The highest BCUT2D eigenvalue weighted by molar-refractivity contribution is 6.03. The molecule has 0 aliphatic rings. The minimum Gasteiger partial charge on any atom is -0.380 e. The van der Waals surface area contributed by atoms with Crippen molar-refractivity contribution in [2.24, 2.45) is 0 Å². The Morgan fingerprint density at radius 2 is 1.59 bits per heavy atom. The van der Waals surface area contributed by atoms with Gasteiger partial charge < -0.3 is 16.0 Å². The summed E-state index contributed by atoms with van der Waals surface area (Å²) in [5.74, 6) is -0.483. The third-order valence-electron chi connectivity index (χ3n) is 3.78. The number of carbonyl (C=O) groups excluding carboxylic acids is 2. The first kappa shape index (κ1) is 18.1. The van der Waals surface area contributed by atoms with Crippen molar-refractivity contribution in [1.29, 1.82) is 0 Å². The molecule has 6 nitrogen and oxygen atoms in total. The van der Waals surface area contributed by atoms with Crippen LogP contribution in [0.1, 0.15) is 23.0 Å². The van der Waals surface area contributed by atoms with E-state index in [-0.39, 0.29) is 11.8 Å². The van der Waals surface area contributed by atoms with Crippen LogP contribution in [-0.4, -0.2) is 16.8 Å². The number of hydrogen-bond donors (Lipinski definition) is 3. The number of nitrogens with zero attached hydrogens (tertiary/aromatic N) is 1. The number of anilines is 3. The molecule has 27 heavy (non-hydrogen) atoms. The van der Waals surface area contributed by atoms with Gasteiger partial charge in [-0.2, -0.15) is 0 Å². The molecule has 0 aliphatic carbocycles. The third kappa shape index (κ3) is 5.40. The second-order valence-corrected chi connectivity index (χ2v) is 5.99. The van der Waals surface area contributed by atoms with Crippen molar-refractivity contribution in [3.63, 3.8) is 0 Å². The second-order valence-electron chi connectivity index (χ2n) is 5.99. The minimum atomic E-state index is -0.315. The van der Waals surface area contributed by atoms with Crippen molar-refractivity contribution in [2.45, 2.75) is 13.5 Å². The fraction of sp³-hybridized carbons (Fsp3) is 0.0952. The molecule has 3 aromatic rings. The quantitative estimate of drug-likeness (QED) is 0.622. The van der Waals surface area contributed by atoms with Crippen LogP contribution in [0.4, 0.5) is 17.1 Å². The van der Waals surface area contributed by atoms with Crippen molar-refractivity contribution in [3.8, 4) is 0 Å². The van der Waals surface area contributed by atoms with E-state index in [1.807, 2.05) is 36.4 Å². The number of carbonyl (C=O) groups is 2. The maximum atomic E-state index is 12.4. The van der Waals surface area contributed by atoms with E-state index in [0.717, 1.165) is 5.69 Å². The van der Waals surface area contributed by atoms with Gasteiger partial charge in [-0.25, -0.2) is 4.98 Å². The lowest BCUT2D eigenvalue weighted by molar-refractivity contribution is -0.114. The predicted octanol–water partition coefficient (Wildman–Crippen LogP) is 3.90. The first-order valence-corrected chi connectivity index (χ1v) is 8.53. The molecule has 1 aromatic heterocycles. The smallest absolute Gasteiger partial charge is 0.274 e. The number of hydrogen-bond acceptors (Lipinski definition) is 4. The number of amides is 2. The molecule has 2 amide bonds. The van der Waals surface area contributed by atoms with Gasteiger partial charge in [-0.1, -0.05) is 36.4 Å². The van der Waals surface area contributed by atoms with Gasteiger partial charge in [0.15, 0.2) is 0 Å². The highest BCUT2D eigenvalue weighted by Gasteiger charge is 2.08. The first-order valence-electron chi connectivity index (χ1n) is 8.53. The predicted molar refractivity (Wildman–Crippen MR) is 107 cm³/mol. The topological polar surface area (TPSA) is 83.1 Å². The molecule has 0 atom stereocenters. The van der Waals surface area contributed by atoms with E-state index < -0.39 is 0 Å². The zero-order chi connectivity index (χ0) is 19.1. The van der Waals surface area contributed by atoms with Crippen LogP contribution in [0.3, 0.4) is 0 Å². The van der Waals surface area contributed by atoms with Crippen molar-refractivity contribution in [1.82, 2.24) is 4.98 Å². The van der Waals surface area contributed by atoms with E-state index in [4.69, 9.17) is 0 Å². The molecule has 0 fully saturated rings. The molecular weight excluding hydrogens is 340 g/mol. The minimum absolute atomic E-state index is 0.168. The summed E-state index contributed by atoms with van der Waals surface area (Å²) in [6.07, 6.45) is 1.63. The molecule has 136 valence electrons. The SMILES string of the molecule is CC(=O)Nc1cccc(NC(=O)c2ccc(NCc3ccccc3)cn2)c1. The highest BCUT2D eigenvalue weighted by atomic mass is 16.2. The summed E-state index contributed by atoms with van der Waals surface area (Å²) in [6.45, 7) is 2.12. The summed E-state index contributed by atoms with van der Waals surface area (Å²) in [6, 6.07) is 20.5. The first-order chi connectivity index (χ1) is 13.1. The molecule has 0 spiro atoms. The van der Waals surface area contributed by atoms with Gasteiger partial charge >= 0.3 is 0 Å². The fourth-order valence-electron chi connectivity index (χ4n) is 2.51. The summed E-state index contributed by atoms with van der Waals surface area (Å²) in [7, 11) is 0. The lowest BCUT2D eigenvalue weighted by Crippen LogP contribution is -2.14. The van der Waals surface area contributed by atoms with Crippen LogP contribution in [0.25, 0.3) is 0 Å². The summed E-state index contributed by atoms with van der Waals surface area (Å²) < 4.78 is 0. The second kappa shape index (κ2) is 8.62. The number of rotatable bonds is 6. The van der Waals surface area contributed by atoms with Gasteiger partial charge in [-0.05, 0) is 35.9 Å². The van der Waals surface area contributed by atoms with Crippen molar-refractivity contribution in [2.75, 3.05) is 16.0 Å². The Labute approximate surface area is 157 Å². The maximum Gasteiger partial charge on any atom is 0.274 e. The van der Waals surface area contributed by atoms with Crippen LogP contribution in [-0.2, 0) is 11.3 Å². The average Bonchev–Trinajstić information content (AvgIpc) is 2.67. The van der Waals surface area contributed by atoms with Crippen molar-refractivity contribution < 1.29 is 9.59 Å². The van der Waals surface area contributed by atoms with Crippen LogP contribution in [0, 0.1) is 0 Å². The standard InChI is InChI=1S/C21H20N4O2/c1-15(26)24-17-8-5-9-18(12-17)25-21(27)20-11-10-19(14-23-20)22-13-16-6-3-2-4-7-16/h2-12,14,22H,13H2,1H3,(H,24,26)(H,25,27). The van der Waals surface area contributed by atoms with E-state index in [2.05, 4.69) is 20.9 Å². The van der Waals surface area contributed by atoms with Gasteiger partial charge in [0.05, 0.1) is 11.9 Å². The zero-order valence-electron chi connectivity index (χ0n) is 14.9. The summed E-state index contributed by atoms with van der Waals surface area (Å²) in [5, 5.41) is 8.72. The third-order valence-corrected chi connectivity index (χ3v) is 3.78. The van der Waals surface area contributed by atoms with Crippen LogP contribution < -0.4 is 16.0 Å². The molecule has 1 heterocycles. The van der Waals surface area contributed by atoms with E-state index in [9.17, 15) is 9.59 Å². The van der Waals surface area contributed by atoms with Crippen LogP contribution in [0.5, 0.6) is 0 Å². The molecule has 0 radical (unpaired) electrons. The Hall–Kier alpha value is -3.67. The van der Waals surface area contributed by atoms with Gasteiger partial charge in [-0.3, -0.25) is 9.59 Å². The lowest BCUT2D eigenvalue weighted by atomic mass is 10.2. The monoisotopic (exact) mass is 360 g/mol. The molecule has 3 rings (SSSR count). The highest BCUT2D eigenvalue weighted by Crippen LogP contribution is 2.16. The van der Waals surface area contributed by atoms with Gasteiger partial charge in [-0.15, -0.1) is 0 Å². The lowest BCUT2D eigenvalue weighted by Gasteiger charge is -2.09. The van der Waals surface area contributed by atoms with E-state index >= 15 is 0 Å². The van der Waals surface area contributed by atoms with Gasteiger partial charge in [0.1, 0.15) is 5.69 Å². The van der Waals surface area contributed by atoms with Crippen LogP contribution in [0.2, 0.25) is 0 Å². The number of benzene rings is 2. The summed E-state index contributed by atoms with van der Waals surface area (Å²) in [4.78, 5) is 27.7. The maximum absolute atomic E-state index is 12.4. The van der Waals surface area contributed by atoms with Crippen molar-refractivity contribution >= 4 is 28.9 Å². The fourth-order valence-corrected chi connectivity index (χ4v) is 2.51. The molecule has 0 unspecified atom stereocenters. The summed E-state index contributed by atoms with van der Waals surface area (Å²) in [5.41, 5.74) is 3.51. The largest absolute Gasteiger partial charge is 0.380 e. The van der Waals surface area contributed by atoms with E-state index in [0.29, 0.717) is 23.6 Å². The zero-order valence-corrected chi connectivity index (χ0v) is 14.9. The molecule has 0 bridgehead atoms. The van der Waals surface area contributed by atoms with Gasteiger partial charge in [0.25, 0.3) is 5.91 Å². The Bertz CT molecular complexity index is 924. The van der Waals surface area contributed by atoms with Crippen molar-refractivity contribution in [3.05, 3.63) is 84.2 Å². The molecule has 2 aromatic carbocycles. The molecular formula is C21H20N4O2. The number of nitrogens with one attached hydrogen (secondary N) is 3. The van der Waals surface area contributed by atoms with Crippen LogP contribution in [0.15, 0.2) is 72.9 Å². The van der Waals surface area contributed by atoms with Crippen LogP contribution >= 0.6 is 0 Å². The number of aromatic nitrogens is 1. The molecule has 0 saturated heterocycles. The van der Waals surface area contributed by atoms with Gasteiger partial charge in [0, 0.05) is 24.8 Å². The Balaban J connectivity index is 1.59. The molecule has 3 N–H and O–H groups in total. The van der Waals surface area contributed by atoms with E-state index in [1.165, 1.54) is 12.5 Å². The Morgan fingerprint density at radius 3 is 2.26 bits per heavy atom. The normalized spacial score (nSPS) is 10.1. The number of pyridine rings is 1. The van der Waals surface area contributed by atoms with Gasteiger partial charge in [0.2, 0.25) is 5.91 Å². The van der Waals surface area contributed by atoms with E-state index in [1.54, 1.807) is 36.5 Å². The molecule has 6 heteroatoms. The molecule has 0 aliphatic heterocycles.